The van der Waals surface area contributed by atoms with Crippen LogP contribution in [0, 0.1) is 11.6 Å². The molecule has 2 rings (SSSR count). The molecule has 0 aliphatic rings. The van der Waals surface area contributed by atoms with Crippen LogP contribution in [0.25, 0.3) is 0 Å². The first-order chi connectivity index (χ1) is 9.81. The second-order valence-corrected chi connectivity index (χ2v) is 6.00. The van der Waals surface area contributed by atoms with Crippen molar-refractivity contribution in [3.05, 3.63) is 53.2 Å². The van der Waals surface area contributed by atoms with E-state index in [4.69, 9.17) is 16.3 Å². The van der Waals surface area contributed by atoms with Crippen LogP contribution in [0.5, 0.6) is 11.6 Å². The predicted molar refractivity (Wildman–Crippen MR) is 78.9 cm³/mol. The number of nitrogens with zero attached hydrogens (tertiary/aromatic N) is 1. The van der Waals surface area contributed by atoms with Gasteiger partial charge in [0.1, 0.15) is 0 Å². The van der Waals surface area contributed by atoms with Gasteiger partial charge in [-0.3, -0.25) is 0 Å². The molecule has 2 nitrogen and oxygen atoms in total. The Balaban J connectivity index is 2.42. The molecule has 0 radical (unpaired) electrons. The Hall–Kier alpha value is -1.68. The number of ether oxygens (including phenoxy) is 1. The average molecular weight is 312 g/mol. The summed E-state index contributed by atoms with van der Waals surface area (Å²) >= 11 is 5.86. The van der Waals surface area contributed by atoms with Crippen LogP contribution in [-0.4, -0.2) is 4.98 Å². The number of aromatic nitrogens is 1. The van der Waals surface area contributed by atoms with E-state index in [0.717, 1.165) is 17.3 Å². The Bertz CT molecular complexity index is 653. The van der Waals surface area contributed by atoms with E-state index in [1.807, 2.05) is 26.8 Å². The van der Waals surface area contributed by atoms with Gasteiger partial charge >= 0.3 is 0 Å². The summed E-state index contributed by atoms with van der Waals surface area (Å²) in [7, 11) is 0. The molecule has 21 heavy (non-hydrogen) atoms. The van der Waals surface area contributed by atoms with Crippen LogP contribution in [0.15, 0.2) is 30.3 Å². The van der Waals surface area contributed by atoms with Gasteiger partial charge in [-0.05, 0) is 23.8 Å². The van der Waals surface area contributed by atoms with Crippen LogP contribution in [0.1, 0.15) is 32.0 Å². The molecule has 112 valence electrons. The largest absolute Gasteiger partial charge is 0.436 e. The Morgan fingerprint density at radius 3 is 2.52 bits per heavy atom. The normalized spacial score (nSPS) is 11.5. The number of benzene rings is 1. The lowest BCUT2D eigenvalue weighted by Gasteiger charge is -2.19. The summed E-state index contributed by atoms with van der Waals surface area (Å²) in [5.41, 5.74) is 1.37. The Labute approximate surface area is 127 Å². The highest BCUT2D eigenvalue weighted by Crippen LogP contribution is 2.29. The highest BCUT2D eigenvalue weighted by atomic mass is 35.5. The van der Waals surface area contributed by atoms with E-state index in [-0.39, 0.29) is 22.9 Å². The molecule has 2 aromatic rings. The molecular weight excluding hydrogens is 296 g/mol. The number of hydrogen-bond acceptors (Lipinski definition) is 2. The minimum absolute atomic E-state index is 0.197. The van der Waals surface area contributed by atoms with Gasteiger partial charge in [0, 0.05) is 17.4 Å². The lowest BCUT2D eigenvalue weighted by molar-refractivity contribution is 0.401. The average Bonchev–Trinajstić information content (AvgIpc) is 2.42. The van der Waals surface area contributed by atoms with Crippen molar-refractivity contribution in [1.29, 1.82) is 0 Å². The molecule has 1 heterocycles. The van der Waals surface area contributed by atoms with Crippen molar-refractivity contribution >= 4 is 11.6 Å². The first-order valence-corrected chi connectivity index (χ1v) is 7.04. The Morgan fingerprint density at radius 2 is 1.90 bits per heavy atom. The van der Waals surface area contributed by atoms with E-state index in [1.165, 1.54) is 12.1 Å². The van der Waals surface area contributed by atoms with Gasteiger partial charge in [0.2, 0.25) is 11.7 Å². The zero-order valence-electron chi connectivity index (χ0n) is 12.1. The van der Waals surface area contributed by atoms with E-state index in [2.05, 4.69) is 4.98 Å². The van der Waals surface area contributed by atoms with Crippen LogP contribution in [0.3, 0.4) is 0 Å². The van der Waals surface area contributed by atoms with Gasteiger partial charge in [0.15, 0.2) is 11.6 Å². The SMILES string of the molecule is CC(C)(C)c1cc(CCl)cc(Oc2cccc(F)c2F)n1. The summed E-state index contributed by atoms with van der Waals surface area (Å²) < 4.78 is 32.2. The number of pyridine rings is 1. The van der Waals surface area contributed by atoms with Crippen molar-refractivity contribution in [1.82, 2.24) is 4.98 Å². The fourth-order valence-electron chi connectivity index (χ4n) is 1.75. The maximum atomic E-state index is 13.7. The zero-order chi connectivity index (χ0) is 15.6. The van der Waals surface area contributed by atoms with E-state index >= 15 is 0 Å². The molecule has 0 saturated heterocycles. The van der Waals surface area contributed by atoms with Gasteiger partial charge in [0.05, 0.1) is 5.69 Å². The monoisotopic (exact) mass is 311 g/mol. The van der Waals surface area contributed by atoms with Crippen molar-refractivity contribution in [3.63, 3.8) is 0 Å². The Morgan fingerprint density at radius 1 is 1.19 bits per heavy atom. The minimum atomic E-state index is -1.03. The quantitative estimate of drug-likeness (QED) is 0.728. The lowest BCUT2D eigenvalue weighted by Crippen LogP contribution is -2.14. The number of rotatable bonds is 3. The molecule has 0 N–H and O–H groups in total. The molecule has 0 aliphatic carbocycles. The number of halogens is 3. The Kier molecular flexibility index (Phi) is 4.47. The fourth-order valence-corrected chi connectivity index (χ4v) is 1.90. The molecule has 1 aromatic carbocycles. The van der Waals surface area contributed by atoms with Gasteiger partial charge < -0.3 is 4.74 Å². The molecule has 0 aliphatic heterocycles. The first kappa shape index (κ1) is 15.7. The molecule has 0 amide bonds. The second-order valence-electron chi connectivity index (χ2n) is 5.74. The molecule has 0 spiro atoms. The third kappa shape index (κ3) is 3.70. The molecule has 0 atom stereocenters. The molecule has 0 bridgehead atoms. The standard InChI is InChI=1S/C16H16ClF2NO/c1-16(2,3)13-7-10(9-17)8-14(20-13)21-12-6-4-5-11(18)15(12)19/h4-8H,9H2,1-3H3. The van der Waals surface area contributed by atoms with Gasteiger partial charge in [-0.1, -0.05) is 26.8 Å². The molecule has 0 fully saturated rings. The van der Waals surface area contributed by atoms with Gasteiger partial charge in [-0.15, -0.1) is 11.6 Å². The van der Waals surface area contributed by atoms with Crippen LogP contribution in [0.2, 0.25) is 0 Å². The van der Waals surface area contributed by atoms with Crippen molar-refractivity contribution < 1.29 is 13.5 Å². The van der Waals surface area contributed by atoms with Gasteiger partial charge in [0.25, 0.3) is 0 Å². The summed E-state index contributed by atoms with van der Waals surface area (Å²) in [6.45, 7) is 6.00. The number of alkyl halides is 1. The summed E-state index contributed by atoms with van der Waals surface area (Å²) in [5.74, 6) is -1.71. The first-order valence-electron chi connectivity index (χ1n) is 6.50. The molecule has 1 aromatic heterocycles. The van der Waals surface area contributed by atoms with E-state index in [0.29, 0.717) is 0 Å². The maximum absolute atomic E-state index is 13.7. The molecule has 0 unspecified atom stereocenters. The summed E-state index contributed by atoms with van der Waals surface area (Å²) in [6.07, 6.45) is 0. The molecule has 0 saturated carbocycles. The third-order valence-electron chi connectivity index (χ3n) is 2.92. The van der Waals surface area contributed by atoms with Crippen LogP contribution >= 0.6 is 11.6 Å². The summed E-state index contributed by atoms with van der Waals surface area (Å²) in [4.78, 5) is 4.35. The topological polar surface area (TPSA) is 22.1 Å². The number of hydrogen-bond donors (Lipinski definition) is 0. The van der Waals surface area contributed by atoms with E-state index < -0.39 is 11.6 Å². The highest BCUT2D eigenvalue weighted by molar-refractivity contribution is 6.17. The van der Waals surface area contributed by atoms with Gasteiger partial charge in [-0.2, -0.15) is 4.39 Å². The lowest BCUT2D eigenvalue weighted by atomic mass is 9.91. The van der Waals surface area contributed by atoms with Crippen molar-refractivity contribution in [2.45, 2.75) is 32.1 Å². The van der Waals surface area contributed by atoms with Gasteiger partial charge in [-0.25, -0.2) is 9.37 Å². The fraction of sp³-hybridized carbons (Fsp3) is 0.312. The summed E-state index contributed by atoms with van der Waals surface area (Å²) in [5, 5.41) is 0. The van der Waals surface area contributed by atoms with Crippen molar-refractivity contribution in [2.75, 3.05) is 0 Å². The van der Waals surface area contributed by atoms with Crippen LogP contribution in [-0.2, 0) is 11.3 Å². The predicted octanol–water partition coefficient (Wildman–Crippen LogP) is 5.19. The molecule has 5 heteroatoms. The van der Waals surface area contributed by atoms with Crippen LogP contribution in [0.4, 0.5) is 8.78 Å². The second kappa shape index (κ2) is 5.98. The van der Waals surface area contributed by atoms with Crippen LogP contribution < -0.4 is 4.74 Å². The van der Waals surface area contributed by atoms with E-state index in [9.17, 15) is 8.78 Å². The highest BCUT2D eigenvalue weighted by Gasteiger charge is 2.18. The summed E-state index contributed by atoms with van der Waals surface area (Å²) in [6, 6.07) is 7.26. The minimum Gasteiger partial charge on any atom is -0.436 e. The van der Waals surface area contributed by atoms with Crippen molar-refractivity contribution in [2.24, 2.45) is 0 Å². The van der Waals surface area contributed by atoms with E-state index in [1.54, 1.807) is 6.07 Å². The third-order valence-corrected chi connectivity index (χ3v) is 3.22. The maximum Gasteiger partial charge on any atom is 0.219 e. The van der Waals surface area contributed by atoms with Crippen molar-refractivity contribution in [3.8, 4) is 11.6 Å². The smallest absolute Gasteiger partial charge is 0.219 e. The zero-order valence-corrected chi connectivity index (χ0v) is 12.8. The molecular formula is C16H16ClF2NO.